The number of β-amino-alcohol motifs (C(OH)–C–C–N with tert-alkyl or cyclic N) is 1. The van der Waals surface area contributed by atoms with Gasteiger partial charge >= 0.3 is 11.8 Å². The number of ether oxygens (including phenoxy) is 2. The number of anilines is 1. The van der Waals surface area contributed by atoms with Gasteiger partial charge in [-0.2, -0.15) is 0 Å². The lowest BCUT2D eigenvalue weighted by atomic mass is 9.59. The van der Waals surface area contributed by atoms with E-state index in [0.29, 0.717) is 104 Å². The maximum absolute atomic E-state index is 17.3. The predicted octanol–water partition coefficient (Wildman–Crippen LogP) is 8.62. The van der Waals surface area contributed by atoms with Crippen molar-refractivity contribution >= 4 is 56.3 Å². The van der Waals surface area contributed by atoms with Gasteiger partial charge in [0.1, 0.15) is 42.0 Å². The topological polar surface area (TPSA) is 188 Å². The Balaban J connectivity index is 0.624. The number of piperidine rings is 4. The smallest absolute Gasteiger partial charge is 0.409 e. The lowest BCUT2D eigenvalue weighted by Gasteiger charge is -2.56. The summed E-state index contributed by atoms with van der Waals surface area (Å²) < 4.78 is 48.5. The van der Waals surface area contributed by atoms with Crippen LogP contribution in [-0.4, -0.2) is 144 Å². The number of hydrogen-bond acceptors (Lipinski definition) is 13. The fraction of sp³-hybridized carbons (Fsp3) is 0.548. The molecule has 3 aromatic carbocycles. The molecule has 6 saturated heterocycles. The van der Waals surface area contributed by atoms with Gasteiger partial charge < -0.3 is 34.4 Å². The molecule has 1 saturated carbocycles. The fourth-order valence-electron chi connectivity index (χ4n) is 15.6. The van der Waals surface area contributed by atoms with Crippen LogP contribution in [0, 0.1) is 17.0 Å². The summed E-state index contributed by atoms with van der Waals surface area (Å²) in [7, 11) is 1.74. The van der Waals surface area contributed by atoms with Crippen LogP contribution in [-0.2, 0) is 27.8 Å². The molecule has 1 spiro atoms. The normalized spacial score (nSPS) is 25.8. The van der Waals surface area contributed by atoms with Gasteiger partial charge in [0, 0.05) is 74.9 Å². The van der Waals surface area contributed by atoms with Crippen LogP contribution in [0.3, 0.4) is 0 Å². The SMILES string of the molecule is CCc1c(F)ccc2cc(O)cc(-c3ncc4c(N5CCC[C@@](C)(O)C5)cc(OC[C@@]56CCCN5[C@H](COC(=O)N5CCC7(CC5)CC(N5CCC(c8ccc9c(c8)n(C)c(=O)n9C8CCC(=O)NC8=O)CC5)C7)CC6)nc4c3F)c12. The van der Waals surface area contributed by atoms with E-state index in [1.807, 2.05) is 35.8 Å². The minimum absolute atomic E-state index is 0.0318. The minimum Gasteiger partial charge on any atom is -0.508 e. The van der Waals surface area contributed by atoms with E-state index in [0.717, 1.165) is 95.8 Å². The van der Waals surface area contributed by atoms with Crippen LogP contribution in [0.2, 0.25) is 0 Å². The first-order valence-corrected chi connectivity index (χ1v) is 29.5. The standard InChI is InChI=1S/C62H73F2N9O8/c1-4-43-46(63)9-7-39-27-42(74)29-44(53(39)43)55-54(64)56-45(33-65-55)49(71-21-5-16-60(2,79)35-71)30-52(67-56)81-36-62-17-6-22-72(62)40(13-18-62)34-80-59(78)70-25-19-61(20-26-70)31-41(32-61)69-23-14-37(15-24-69)38-8-10-47-50(28-38)68(3)58(77)73(47)48-11-12-51(75)66-57(48)76/h7-10,27-30,33,37,40-41,48,74,79H,4-6,11-26,31-32,34-36H2,1-3H3,(H,66,75,76)/t40-,48?,60+,62-/m0/s1. The van der Waals surface area contributed by atoms with Crippen molar-refractivity contribution in [2.24, 2.45) is 12.5 Å². The number of nitrogens with one attached hydrogen (secondary N) is 1. The Labute approximate surface area is 469 Å². The van der Waals surface area contributed by atoms with Gasteiger partial charge in [0.2, 0.25) is 17.7 Å². The van der Waals surface area contributed by atoms with Crippen LogP contribution >= 0.6 is 0 Å². The third-order valence-electron chi connectivity index (χ3n) is 20.0. The number of benzene rings is 3. The third-order valence-corrected chi connectivity index (χ3v) is 20.0. The van der Waals surface area contributed by atoms with Crippen LogP contribution in [0.1, 0.15) is 127 Å². The molecule has 0 bridgehead atoms. The van der Waals surface area contributed by atoms with E-state index in [2.05, 4.69) is 32.2 Å². The first-order valence-electron chi connectivity index (χ1n) is 29.5. The molecule has 19 heteroatoms. The number of likely N-dealkylation sites (tertiary alicyclic amines) is 2. The summed E-state index contributed by atoms with van der Waals surface area (Å²) in [6.45, 7) is 9.45. The van der Waals surface area contributed by atoms with Crippen molar-refractivity contribution in [2.75, 3.05) is 63.9 Å². The number of aliphatic hydroxyl groups is 1. The second-order valence-electron chi connectivity index (χ2n) is 25.0. The first-order chi connectivity index (χ1) is 39.0. The van der Waals surface area contributed by atoms with Gasteiger partial charge in [-0.1, -0.05) is 19.1 Å². The zero-order chi connectivity index (χ0) is 56.1. The van der Waals surface area contributed by atoms with E-state index in [1.54, 1.807) is 28.4 Å². The van der Waals surface area contributed by atoms with Gasteiger partial charge in [-0.05, 0) is 180 Å². The highest BCUT2D eigenvalue weighted by atomic mass is 19.1. The molecule has 3 aromatic heterocycles. The predicted molar refractivity (Wildman–Crippen MR) is 302 cm³/mol. The number of amides is 3. The van der Waals surface area contributed by atoms with Gasteiger partial charge in [0.05, 0.1) is 27.9 Å². The van der Waals surface area contributed by atoms with Gasteiger partial charge in [-0.3, -0.25) is 33.9 Å². The molecule has 1 aliphatic carbocycles. The second-order valence-corrected chi connectivity index (χ2v) is 25.0. The molecular formula is C62H73F2N9O8. The van der Waals surface area contributed by atoms with Crippen molar-refractivity contribution in [2.45, 2.75) is 145 Å². The zero-order valence-electron chi connectivity index (χ0n) is 46.7. The summed E-state index contributed by atoms with van der Waals surface area (Å²) in [5.41, 5.74) is 2.73. The molecule has 3 amide bonds. The molecule has 4 atom stereocenters. The number of carbonyl (C=O) groups excluding carboxylic acids is 3. The fourth-order valence-corrected chi connectivity index (χ4v) is 15.6. The summed E-state index contributed by atoms with van der Waals surface area (Å²) in [6.07, 6.45) is 13.4. The molecule has 6 aliphatic heterocycles. The number of aromatic nitrogens is 4. The monoisotopic (exact) mass is 1110 g/mol. The van der Waals surface area contributed by atoms with E-state index < -0.39 is 29.2 Å². The second kappa shape index (κ2) is 20.6. The number of aromatic hydroxyl groups is 1. The van der Waals surface area contributed by atoms with E-state index >= 15 is 8.78 Å². The third kappa shape index (κ3) is 9.57. The highest BCUT2D eigenvalue weighted by Crippen LogP contribution is 2.52. The maximum Gasteiger partial charge on any atom is 0.409 e. The van der Waals surface area contributed by atoms with Crippen LogP contribution in [0.5, 0.6) is 11.6 Å². The molecule has 81 heavy (non-hydrogen) atoms. The van der Waals surface area contributed by atoms with Crippen LogP contribution in [0.4, 0.5) is 19.3 Å². The summed E-state index contributed by atoms with van der Waals surface area (Å²) >= 11 is 0. The summed E-state index contributed by atoms with van der Waals surface area (Å²) in [5, 5.41) is 25.9. The minimum atomic E-state index is -0.962. The summed E-state index contributed by atoms with van der Waals surface area (Å²) in [5.74, 6) is -1.35. The van der Waals surface area contributed by atoms with Crippen molar-refractivity contribution in [3.63, 3.8) is 0 Å². The highest BCUT2D eigenvalue weighted by molar-refractivity contribution is 6.02. The largest absolute Gasteiger partial charge is 0.508 e. The number of fused-ring (bicyclic) bond motifs is 4. The average molecular weight is 1110 g/mol. The van der Waals surface area contributed by atoms with Crippen molar-refractivity contribution in [3.05, 3.63) is 88.0 Å². The molecule has 6 aromatic rings. The molecule has 13 rings (SSSR count). The number of carbonyl (C=O) groups is 3. The first kappa shape index (κ1) is 53.6. The molecule has 7 fully saturated rings. The number of halogens is 2. The maximum atomic E-state index is 17.3. The van der Waals surface area contributed by atoms with E-state index in [-0.39, 0.29) is 69.5 Å². The number of imide groups is 1. The Morgan fingerprint density at radius 1 is 0.889 bits per heavy atom. The number of aryl methyl sites for hydroxylation is 2. The molecular weight excluding hydrogens is 1040 g/mol. The van der Waals surface area contributed by atoms with Crippen molar-refractivity contribution in [1.29, 1.82) is 0 Å². The molecule has 3 N–H and O–H groups in total. The molecule has 0 radical (unpaired) electrons. The Kier molecular flexibility index (Phi) is 13.6. The number of nitrogens with zero attached hydrogens (tertiary/aromatic N) is 8. The van der Waals surface area contributed by atoms with E-state index in [4.69, 9.17) is 14.5 Å². The Morgan fingerprint density at radius 2 is 1.68 bits per heavy atom. The van der Waals surface area contributed by atoms with Crippen LogP contribution in [0.25, 0.3) is 44.0 Å². The van der Waals surface area contributed by atoms with Crippen LogP contribution < -0.4 is 20.6 Å². The number of phenolic OH excluding ortho intramolecular Hbond substituents is 1. The Hall–Kier alpha value is -6.70. The average Bonchev–Trinajstić information content (AvgIpc) is 4.22. The number of pyridine rings is 2. The molecule has 9 heterocycles. The Bertz CT molecular complexity index is 3560. The van der Waals surface area contributed by atoms with E-state index in [1.165, 1.54) is 23.8 Å². The highest BCUT2D eigenvalue weighted by Gasteiger charge is 2.52. The van der Waals surface area contributed by atoms with Crippen molar-refractivity contribution < 1.29 is 42.9 Å². The van der Waals surface area contributed by atoms with Gasteiger partial charge in [-0.25, -0.2) is 23.4 Å². The lowest BCUT2D eigenvalue weighted by molar-refractivity contribution is -0.135. The van der Waals surface area contributed by atoms with Crippen molar-refractivity contribution in [3.8, 4) is 22.9 Å². The molecule has 428 valence electrons. The Morgan fingerprint density at radius 3 is 2.44 bits per heavy atom. The lowest BCUT2D eigenvalue weighted by Crippen LogP contribution is -2.56. The van der Waals surface area contributed by atoms with Gasteiger partial charge in [-0.15, -0.1) is 0 Å². The summed E-state index contributed by atoms with van der Waals surface area (Å²) in [4.78, 5) is 70.1. The number of phenols is 1. The number of hydrogen-bond donors (Lipinski definition) is 3. The molecule has 7 aliphatic rings. The van der Waals surface area contributed by atoms with Gasteiger partial charge in [0.25, 0.3) is 0 Å². The number of imidazole rings is 1. The molecule has 17 nitrogen and oxygen atoms in total. The number of rotatable bonds is 11. The molecule has 1 unspecified atom stereocenters. The van der Waals surface area contributed by atoms with Crippen LogP contribution in [0.15, 0.2) is 59.5 Å². The van der Waals surface area contributed by atoms with E-state index in [9.17, 15) is 29.4 Å². The van der Waals surface area contributed by atoms with Gasteiger partial charge in [0.15, 0.2) is 5.82 Å². The summed E-state index contributed by atoms with van der Waals surface area (Å²) in [6, 6.07) is 13.8. The zero-order valence-corrected chi connectivity index (χ0v) is 46.7. The van der Waals surface area contributed by atoms with Crippen molar-refractivity contribution in [1.82, 2.24) is 39.1 Å². The quantitative estimate of drug-likeness (QED) is 0.105.